The van der Waals surface area contributed by atoms with Crippen LogP contribution in [0.4, 0.5) is 10.1 Å². The number of carbonyl (C=O) groups excluding carboxylic acids is 2. The van der Waals surface area contributed by atoms with Gasteiger partial charge < -0.3 is 4.74 Å². The fourth-order valence-electron chi connectivity index (χ4n) is 2.45. The zero-order valence-corrected chi connectivity index (χ0v) is 12.2. The zero-order valence-electron chi connectivity index (χ0n) is 12.2. The molecule has 3 rings (SSSR count). The average Bonchev–Trinajstić information content (AvgIpc) is 2.72. The number of para-hydroxylation sites is 1. The summed E-state index contributed by atoms with van der Waals surface area (Å²) in [6.45, 7) is 3.58. The molecule has 1 heterocycles. The molecule has 0 unspecified atom stereocenters. The van der Waals surface area contributed by atoms with E-state index in [1.165, 1.54) is 12.1 Å². The Morgan fingerprint density at radius 3 is 2.09 bits per heavy atom. The Morgan fingerprint density at radius 2 is 1.55 bits per heavy atom. The topological polar surface area (TPSA) is 46.6 Å². The van der Waals surface area contributed by atoms with Crippen molar-refractivity contribution in [2.75, 3.05) is 4.90 Å². The van der Waals surface area contributed by atoms with Crippen LogP contribution in [0.3, 0.4) is 0 Å². The number of imide groups is 1. The van der Waals surface area contributed by atoms with E-state index in [4.69, 9.17) is 4.74 Å². The summed E-state index contributed by atoms with van der Waals surface area (Å²) in [6, 6.07) is 10.7. The molecule has 0 spiro atoms. The second-order valence-corrected chi connectivity index (χ2v) is 5.24. The van der Waals surface area contributed by atoms with Crippen LogP contribution in [0.15, 0.2) is 42.5 Å². The van der Waals surface area contributed by atoms with E-state index in [9.17, 15) is 14.0 Å². The molecule has 0 bridgehead atoms. The Kier molecular flexibility index (Phi) is 3.41. The highest BCUT2D eigenvalue weighted by molar-refractivity contribution is 6.34. The van der Waals surface area contributed by atoms with E-state index in [0.29, 0.717) is 0 Å². The predicted molar refractivity (Wildman–Crippen MR) is 79.7 cm³/mol. The molecular weight excluding hydrogens is 285 g/mol. The lowest BCUT2D eigenvalue weighted by Gasteiger charge is -2.20. The van der Waals surface area contributed by atoms with Crippen molar-refractivity contribution in [3.63, 3.8) is 0 Å². The molecule has 0 radical (unpaired) electrons. The molecule has 0 fully saturated rings. The fourth-order valence-corrected chi connectivity index (χ4v) is 2.45. The van der Waals surface area contributed by atoms with Gasteiger partial charge in [-0.05, 0) is 38.1 Å². The number of amides is 2. The number of benzene rings is 2. The van der Waals surface area contributed by atoms with E-state index in [-0.39, 0.29) is 28.7 Å². The second kappa shape index (κ2) is 5.26. The highest BCUT2D eigenvalue weighted by Gasteiger charge is 2.39. The number of halogens is 1. The van der Waals surface area contributed by atoms with Crippen molar-refractivity contribution in [3.05, 3.63) is 59.4 Å². The lowest BCUT2D eigenvalue weighted by Crippen LogP contribution is -2.31. The maximum atomic E-state index is 14.3. The van der Waals surface area contributed by atoms with Crippen molar-refractivity contribution in [3.8, 4) is 5.75 Å². The SMILES string of the molecule is CC(C)Oc1cccc(F)c1N1C(=O)c2ccccc2C1=O. The molecule has 0 aliphatic carbocycles. The average molecular weight is 299 g/mol. The maximum absolute atomic E-state index is 14.3. The summed E-state index contributed by atoms with van der Waals surface area (Å²) in [6.07, 6.45) is -0.212. The van der Waals surface area contributed by atoms with Crippen molar-refractivity contribution in [1.82, 2.24) is 0 Å². The van der Waals surface area contributed by atoms with E-state index < -0.39 is 17.6 Å². The normalized spacial score (nSPS) is 13.7. The first-order chi connectivity index (χ1) is 10.5. The Morgan fingerprint density at radius 1 is 0.955 bits per heavy atom. The Balaban J connectivity index is 2.14. The van der Waals surface area contributed by atoms with E-state index >= 15 is 0 Å². The van der Waals surface area contributed by atoms with Crippen LogP contribution in [0.2, 0.25) is 0 Å². The van der Waals surface area contributed by atoms with Gasteiger partial charge in [0.1, 0.15) is 11.4 Å². The molecule has 1 aliphatic rings. The lowest BCUT2D eigenvalue weighted by molar-refractivity contribution is 0.0922. The van der Waals surface area contributed by atoms with Crippen LogP contribution in [0.1, 0.15) is 34.6 Å². The van der Waals surface area contributed by atoms with Crippen LogP contribution in [0.25, 0.3) is 0 Å². The largest absolute Gasteiger partial charge is 0.489 e. The number of anilines is 1. The summed E-state index contributed by atoms with van der Waals surface area (Å²) >= 11 is 0. The van der Waals surface area contributed by atoms with Crippen LogP contribution in [-0.4, -0.2) is 17.9 Å². The molecule has 0 saturated heterocycles. The van der Waals surface area contributed by atoms with Gasteiger partial charge in [0.25, 0.3) is 11.8 Å². The zero-order chi connectivity index (χ0) is 15.9. The number of nitrogens with zero attached hydrogens (tertiary/aromatic N) is 1. The molecule has 4 nitrogen and oxygen atoms in total. The first-order valence-corrected chi connectivity index (χ1v) is 6.93. The summed E-state index contributed by atoms with van der Waals surface area (Å²) in [7, 11) is 0. The van der Waals surface area contributed by atoms with Gasteiger partial charge in [0.05, 0.1) is 17.2 Å². The monoisotopic (exact) mass is 299 g/mol. The summed E-state index contributed by atoms with van der Waals surface area (Å²) in [4.78, 5) is 25.8. The van der Waals surface area contributed by atoms with Crippen LogP contribution >= 0.6 is 0 Å². The van der Waals surface area contributed by atoms with E-state index in [1.807, 2.05) is 0 Å². The Labute approximate surface area is 127 Å². The minimum atomic E-state index is -0.673. The standard InChI is InChI=1S/C17H14FNO3/c1-10(2)22-14-9-5-8-13(18)15(14)19-16(20)11-6-3-4-7-12(11)17(19)21/h3-10H,1-2H3. The number of fused-ring (bicyclic) bond motifs is 1. The minimum absolute atomic E-state index is 0.137. The quantitative estimate of drug-likeness (QED) is 0.816. The van der Waals surface area contributed by atoms with E-state index in [0.717, 1.165) is 4.90 Å². The van der Waals surface area contributed by atoms with Crippen molar-refractivity contribution >= 4 is 17.5 Å². The van der Waals surface area contributed by atoms with Gasteiger partial charge in [0, 0.05) is 0 Å². The minimum Gasteiger partial charge on any atom is -0.489 e. The Bertz CT molecular complexity index is 735. The van der Waals surface area contributed by atoms with Gasteiger partial charge in [-0.15, -0.1) is 0 Å². The van der Waals surface area contributed by atoms with Gasteiger partial charge in [0.2, 0.25) is 0 Å². The highest BCUT2D eigenvalue weighted by atomic mass is 19.1. The van der Waals surface area contributed by atoms with Gasteiger partial charge >= 0.3 is 0 Å². The first kappa shape index (κ1) is 14.3. The van der Waals surface area contributed by atoms with Gasteiger partial charge in [-0.3, -0.25) is 9.59 Å². The van der Waals surface area contributed by atoms with Crippen LogP contribution in [-0.2, 0) is 0 Å². The predicted octanol–water partition coefficient (Wildman–Crippen LogP) is 3.41. The van der Waals surface area contributed by atoms with Gasteiger partial charge in [-0.2, -0.15) is 0 Å². The molecule has 2 aromatic rings. The van der Waals surface area contributed by atoms with Crippen molar-refractivity contribution in [2.24, 2.45) is 0 Å². The van der Waals surface area contributed by atoms with Crippen molar-refractivity contribution < 1.29 is 18.7 Å². The van der Waals surface area contributed by atoms with Gasteiger partial charge in [0.15, 0.2) is 5.82 Å². The molecule has 112 valence electrons. The molecule has 2 amide bonds. The molecule has 0 atom stereocenters. The van der Waals surface area contributed by atoms with E-state index in [1.54, 1.807) is 44.2 Å². The van der Waals surface area contributed by atoms with E-state index in [2.05, 4.69) is 0 Å². The summed E-state index contributed by atoms with van der Waals surface area (Å²) in [5.74, 6) is -1.59. The summed E-state index contributed by atoms with van der Waals surface area (Å²) in [5.41, 5.74) is 0.403. The molecule has 2 aromatic carbocycles. The smallest absolute Gasteiger partial charge is 0.266 e. The van der Waals surface area contributed by atoms with Gasteiger partial charge in [-0.25, -0.2) is 9.29 Å². The third-order valence-electron chi connectivity index (χ3n) is 3.33. The number of rotatable bonds is 3. The van der Waals surface area contributed by atoms with Crippen LogP contribution < -0.4 is 9.64 Å². The third kappa shape index (κ3) is 2.15. The Hall–Kier alpha value is -2.69. The molecule has 1 aliphatic heterocycles. The molecule has 22 heavy (non-hydrogen) atoms. The van der Waals surface area contributed by atoms with Crippen molar-refractivity contribution in [2.45, 2.75) is 20.0 Å². The van der Waals surface area contributed by atoms with Crippen molar-refractivity contribution in [1.29, 1.82) is 0 Å². The lowest BCUT2D eigenvalue weighted by atomic mass is 10.1. The summed E-state index contributed by atoms with van der Waals surface area (Å²) < 4.78 is 19.8. The third-order valence-corrected chi connectivity index (χ3v) is 3.33. The number of hydrogen-bond acceptors (Lipinski definition) is 3. The molecule has 0 N–H and O–H groups in total. The molecule has 0 aromatic heterocycles. The van der Waals surface area contributed by atoms with Crippen LogP contribution in [0, 0.1) is 5.82 Å². The number of ether oxygens (including phenoxy) is 1. The number of carbonyl (C=O) groups is 2. The number of hydrogen-bond donors (Lipinski definition) is 0. The summed E-state index contributed by atoms with van der Waals surface area (Å²) in [5, 5.41) is 0. The van der Waals surface area contributed by atoms with Gasteiger partial charge in [-0.1, -0.05) is 18.2 Å². The maximum Gasteiger partial charge on any atom is 0.266 e. The second-order valence-electron chi connectivity index (χ2n) is 5.24. The van der Waals surface area contributed by atoms with Crippen LogP contribution in [0.5, 0.6) is 5.75 Å². The molecule has 5 heteroatoms. The first-order valence-electron chi connectivity index (χ1n) is 6.93. The molecule has 0 saturated carbocycles. The fraction of sp³-hybridized carbons (Fsp3) is 0.176. The highest BCUT2D eigenvalue weighted by Crippen LogP contribution is 2.37. The molecular formula is C17H14FNO3.